The van der Waals surface area contributed by atoms with Crippen LogP contribution in [0.25, 0.3) is 45.1 Å². The summed E-state index contributed by atoms with van der Waals surface area (Å²) >= 11 is 0. The highest BCUT2D eigenvalue weighted by Crippen LogP contribution is 2.31. The molecule has 0 N–H and O–H groups in total. The normalized spacial score (nSPS) is 11.9. The molecule has 0 radical (unpaired) electrons. The van der Waals surface area contributed by atoms with E-state index in [0.29, 0.717) is 34.8 Å². The molecule has 0 unspecified atom stereocenters. The molecule has 0 bridgehead atoms. The average molecular weight is 396 g/mol. The van der Waals surface area contributed by atoms with Gasteiger partial charge < -0.3 is 8.83 Å². The molecule has 0 amide bonds. The summed E-state index contributed by atoms with van der Waals surface area (Å²) in [6.45, 7) is 8.74. The molecular formula is C26H24N2O2. The standard InChI is InChI=1S/C26H24N2O2/c1-15(2)17-5-9-19(10-6-17)25-27-21-13-24-22(14-23(21)29-25)28-26(30-24)20-11-7-18(8-12-20)16(3)4/h5-16H,1-4H3. The summed E-state index contributed by atoms with van der Waals surface area (Å²) in [5.74, 6) is 2.21. The third-order valence-electron chi connectivity index (χ3n) is 5.55. The predicted octanol–water partition coefficient (Wildman–Crippen LogP) is 7.55. The quantitative estimate of drug-likeness (QED) is 0.315. The van der Waals surface area contributed by atoms with E-state index in [9.17, 15) is 0 Å². The molecule has 3 aromatic carbocycles. The maximum Gasteiger partial charge on any atom is 0.227 e. The zero-order valence-corrected chi connectivity index (χ0v) is 17.6. The topological polar surface area (TPSA) is 52.1 Å². The molecule has 0 saturated heterocycles. The summed E-state index contributed by atoms with van der Waals surface area (Å²) < 4.78 is 12.1. The maximum atomic E-state index is 6.03. The van der Waals surface area contributed by atoms with Crippen molar-refractivity contribution < 1.29 is 8.83 Å². The molecule has 5 rings (SSSR count). The van der Waals surface area contributed by atoms with Gasteiger partial charge in [-0.2, -0.15) is 0 Å². The number of hydrogen-bond donors (Lipinski definition) is 0. The summed E-state index contributed by atoms with van der Waals surface area (Å²) in [4.78, 5) is 9.33. The van der Waals surface area contributed by atoms with Gasteiger partial charge in [-0.3, -0.25) is 0 Å². The molecule has 0 aliphatic carbocycles. The van der Waals surface area contributed by atoms with E-state index in [1.807, 2.05) is 12.1 Å². The smallest absolute Gasteiger partial charge is 0.227 e. The molecule has 0 aliphatic rings. The van der Waals surface area contributed by atoms with Crippen molar-refractivity contribution in [2.45, 2.75) is 39.5 Å². The third-order valence-corrected chi connectivity index (χ3v) is 5.55. The third kappa shape index (κ3) is 3.28. The Morgan fingerprint density at radius 2 is 0.933 bits per heavy atom. The lowest BCUT2D eigenvalue weighted by molar-refractivity contribution is 0.618. The predicted molar refractivity (Wildman–Crippen MR) is 121 cm³/mol. The Kier molecular flexibility index (Phi) is 4.43. The highest BCUT2D eigenvalue weighted by molar-refractivity contribution is 5.91. The minimum absolute atomic E-state index is 0.497. The first-order chi connectivity index (χ1) is 14.5. The van der Waals surface area contributed by atoms with Crippen molar-refractivity contribution in [1.29, 1.82) is 0 Å². The summed E-state index contributed by atoms with van der Waals surface area (Å²) in [5, 5.41) is 0. The minimum atomic E-state index is 0.497. The van der Waals surface area contributed by atoms with Crippen molar-refractivity contribution in [2.75, 3.05) is 0 Å². The number of fused-ring (bicyclic) bond motifs is 2. The highest BCUT2D eigenvalue weighted by atomic mass is 16.4. The molecule has 0 aliphatic heterocycles. The number of nitrogens with zero attached hydrogens (tertiary/aromatic N) is 2. The van der Waals surface area contributed by atoms with Crippen LogP contribution < -0.4 is 0 Å². The molecule has 150 valence electrons. The van der Waals surface area contributed by atoms with Gasteiger partial charge in [0.15, 0.2) is 11.2 Å². The number of benzene rings is 3. The van der Waals surface area contributed by atoms with Crippen molar-refractivity contribution in [3.63, 3.8) is 0 Å². The second-order valence-corrected chi connectivity index (χ2v) is 8.38. The molecule has 2 aromatic heterocycles. The second-order valence-electron chi connectivity index (χ2n) is 8.38. The van der Waals surface area contributed by atoms with E-state index in [4.69, 9.17) is 8.83 Å². The Balaban J connectivity index is 1.50. The Morgan fingerprint density at radius 3 is 1.27 bits per heavy atom. The highest BCUT2D eigenvalue weighted by Gasteiger charge is 2.14. The summed E-state index contributed by atoms with van der Waals surface area (Å²) in [5.41, 5.74) is 7.47. The molecule has 0 fully saturated rings. The minimum Gasteiger partial charge on any atom is -0.436 e. The lowest BCUT2D eigenvalue weighted by Crippen LogP contribution is -1.86. The van der Waals surface area contributed by atoms with Crippen LogP contribution in [0.1, 0.15) is 50.7 Å². The molecule has 0 saturated carbocycles. The van der Waals surface area contributed by atoms with Gasteiger partial charge in [0.1, 0.15) is 11.0 Å². The number of hydrogen-bond acceptors (Lipinski definition) is 4. The fraction of sp³-hybridized carbons (Fsp3) is 0.231. The molecule has 2 heterocycles. The Bertz CT molecular complexity index is 1170. The molecule has 30 heavy (non-hydrogen) atoms. The zero-order chi connectivity index (χ0) is 20.8. The van der Waals surface area contributed by atoms with Gasteiger partial charge in [-0.05, 0) is 47.2 Å². The van der Waals surface area contributed by atoms with Crippen LogP contribution in [0.4, 0.5) is 0 Å². The van der Waals surface area contributed by atoms with Crippen LogP contribution in [0.2, 0.25) is 0 Å². The molecule has 5 aromatic rings. The first kappa shape index (κ1) is 18.6. The van der Waals surface area contributed by atoms with Gasteiger partial charge in [0, 0.05) is 23.3 Å². The molecule has 0 atom stereocenters. The van der Waals surface area contributed by atoms with Crippen molar-refractivity contribution in [3.05, 3.63) is 71.8 Å². The van der Waals surface area contributed by atoms with E-state index < -0.39 is 0 Å². The van der Waals surface area contributed by atoms with Crippen LogP contribution in [0.5, 0.6) is 0 Å². The van der Waals surface area contributed by atoms with Gasteiger partial charge in [-0.25, -0.2) is 9.97 Å². The van der Waals surface area contributed by atoms with Crippen LogP contribution in [0.15, 0.2) is 69.5 Å². The van der Waals surface area contributed by atoms with Crippen LogP contribution in [0, 0.1) is 0 Å². The van der Waals surface area contributed by atoms with Crippen LogP contribution in [-0.4, -0.2) is 9.97 Å². The fourth-order valence-corrected chi connectivity index (χ4v) is 3.62. The van der Waals surface area contributed by atoms with E-state index in [-0.39, 0.29) is 0 Å². The van der Waals surface area contributed by atoms with E-state index >= 15 is 0 Å². The zero-order valence-electron chi connectivity index (χ0n) is 17.6. The van der Waals surface area contributed by atoms with Gasteiger partial charge in [0.25, 0.3) is 0 Å². The Hall–Kier alpha value is -3.40. The van der Waals surface area contributed by atoms with Crippen molar-refractivity contribution in [3.8, 4) is 22.9 Å². The summed E-state index contributed by atoms with van der Waals surface area (Å²) in [6.07, 6.45) is 0. The van der Waals surface area contributed by atoms with E-state index in [0.717, 1.165) is 22.2 Å². The van der Waals surface area contributed by atoms with E-state index in [1.165, 1.54) is 11.1 Å². The molecule has 4 heteroatoms. The summed E-state index contributed by atoms with van der Waals surface area (Å²) in [7, 11) is 0. The number of oxazole rings is 2. The maximum absolute atomic E-state index is 6.03. The first-order valence-corrected chi connectivity index (χ1v) is 10.4. The lowest BCUT2D eigenvalue weighted by atomic mass is 10.0. The monoisotopic (exact) mass is 396 g/mol. The van der Waals surface area contributed by atoms with Gasteiger partial charge in [-0.15, -0.1) is 0 Å². The van der Waals surface area contributed by atoms with E-state index in [1.54, 1.807) is 0 Å². The van der Waals surface area contributed by atoms with Gasteiger partial charge in [0.05, 0.1) is 0 Å². The van der Waals surface area contributed by atoms with E-state index in [2.05, 4.69) is 86.2 Å². The lowest BCUT2D eigenvalue weighted by Gasteiger charge is -2.04. The fourth-order valence-electron chi connectivity index (χ4n) is 3.62. The van der Waals surface area contributed by atoms with Crippen molar-refractivity contribution in [2.24, 2.45) is 0 Å². The van der Waals surface area contributed by atoms with Crippen LogP contribution >= 0.6 is 0 Å². The Labute approximate surface area is 175 Å². The van der Waals surface area contributed by atoms with Gasteiger partial charge in [0.2, 0.25) is 11.8 Å². The van der Waals surface area contributed by atoms with Gasteiger partial charge in [-0.1, -0.05) is 52.0 Å². The van der Waals surface area contributed by atoms with Crippen LogP contribution in [0.3, 0.4) is 0 Å². The molecular weight excluding hydrogens is 372 g/mol. The average Bonchev–Trinajstić information content (AvgIpc) is 3.35. The van der Waals surface area contributed by atoms with Crippen LogP contribution in [-0.2, 0) is 0 Å². The Morgan fingerprint density at radius 1 is 0.567 bits per heavy atom. The van der Waals surface area contributed by atoms with Gasteiger partial charge >= 0.3 is 0 Å². The summed E-state index contributed by atoms with van der Waals surface area (Å²) in [6, 6.07) is 20.5. The van der Waals surface area contributed by atoms with Crippen molar-refractivity contribution in [1.82, 2.24) is 9.97 Å². The van der Waals surface area contributed by atoms with Crippen molar-refractivity contribution >= 4 is 22.2 Å². The largest absolute Gasteiger partial charge is 0.436 e. The second kappa shape index (κ2) is 7.13. The SMILES string of the molecule is CC(C)c1ccc(-c2nc3cc4oc(-c5ccc(C(C)C)cc5)nc4cc3o2)cc1. The first-order valence-electron chi connectivity index (χ1n) is 10.4. The molecule has 4 nitrogen and oxygen atoms in total. The number of aromatic nitrogens is 2. The number of rotatable bonds is 4. The molecule has 0 spiro atoms.